The molecule has 0 bridgehead atoms. The molecule has 0 unspecified atom stereocenters. The fourth-order valence-electron chi connectivity index (χ4n) is 1.82. The molecule has 2 N–H and O–H groups in total. The first-order chi connectivity index (χ1) is 8.69. The Morgan fingerprint density at radius 3 is 2.72 bits per heavy atom. The average molecular weight is 261 g/mol. The van der Waals surface area contributed by atoms with Crippen LogP contribution in [0.3, 0.4) is 0 Å². The van der Waals surface area contributed by atoms with E-state index < -0.39 is 0 Å². The van der Waals surface area contributed by atoms with E-state index in [2.05, 4.69) is 25.1 Å². The van der Waals surface area contributed by atoms with E-state index in [-0.39, 0.29) is 5.82 Å². The lowest BCUT2D eigenvalue weighted by Gasteiger charge is -2.09. The Kier molecular flexibility index (Phi) is 4.39. The number of rotatable bonds is 4. The van der Waals surface area contributed by atoms with Gasteiger partial charge < -0.3 is 5.73 Å². The highest BCUT2D eigenvalue weighted by atomic mass is 32.2. The second-order valence-corrected chi connectivity index (χ2v) is 5.32. The SMILES string of the molecule is Cc1ccc(Sc2cccc(F)c2)c(CCN)c1. The second-order valence-electron chi connectivity index (χ2n) is 4.21. The van der Waals surface area contributed by atoms with Gasteiger partial charge in [-0.1, -0.05) is 35.5 Å². The van der Waals surface area contributed by atoms with Gasteiger partial charge in [-0.2, -0.15) is 0 Å². The molecule has 2 aromatic carbocycles. The van der Waals surface area contributed by atoms with Gasteiger partial charge in [-0.25, -0.2) is 4.39 Å². The number of aryl methyl sites for hydroxylation is 1. The van der Waals surface area contributed by atoms with Gasteiger partial charge in [0, 0.05) is 9.79 Å². The molecule has 1 nitrogen and oxygen atoms in total. The number of hydrogen-bond acceptors (Lipinski definition) is 2. The monoisotopic (exact) mass is 261 g/mol. The van der Waals surface area contributed by atoms with E-state index in [0.29, 0.717) is 6.54 Å². The number of hydrogen-bond donors (Lipinski definition) is 1. The van der Waals surface area contributed by atoms with Crippen molar-refractivity contribution in [2.45, 2.75) is 23.1 Å². The Balaban J connectivity index is 2.28. The summed E-state index contributed by atoms with van der Waals surface area (Å²) in [5, 5.41) is 0. The summed E-state index contributed by atoms with van der Waals surface area (Å²) in [5.41, 5.74) is 8.08. The number of halogens is 1. The summed E-state index contributed by atoms with van der Waals surface area (Å²) >= 11 is 1.58. The fourth-order valence-corrected chi connectivity index (χ4v) is 2.82. The van der Waals surface area contributed by atoms with Crippen molar-refractivity contribution in [2.24, 2.45) is 5.73 Å². The van der Waals surface area contributed by atoms with Gasteiger partial charge >= 0.3 is 0 Å². The van der Waals surface area contributed by atoms with Crippen LogP contribution in [0.25, 0.3) is 0 Å². The third kappa shape index (κ3) is 3.34. The first-order valence-corrected chi connectivity index (χ1v) is 6.73. The van der Waals surface area contributed by atoms with E-state index in [1.807, 2.05) is 6.07 Å². The van der Waals surface area contributed by atoms with Crippen LogP contribution < -0.4 is 5.73 Å². The quantitative estimate of drug-likeness (QED) is 0.906. The molecular weight excluding hydrogens is 245 g/mol. The Labute approximate surface area is 111 Å². The van der Waals surface area contributed by atoms with Crippen molar-refractivity contribution < 1.29 is 4.39 Å². The van der Waals surface area contributed by atoms with Gasteiger partial charge in [-0.3, -0.25) is 0 Å². The maximum absolute atomic E-state index is 13.1. The smallest absolute Gasteiger partial charge is 0.124 e. The normalized spacial score (nSPS) is 10.6. The van der Waals surface area contributed by atoms with Gasteiger partial charge in [0.25, 0.3) is 0 Å². The van der Waals surface area contributed by atoms with Crippen molar-refractivity contribution in [1.29, 1.82) is 0 Å². The Morgan fingerprint density at radius 2 is 2.00 bits per heavy atom. The highest BCUT2D eigenvalue weighted by molar-refractivity contribution is 7.99. The minimum absolute atomic E-state index is 0.201. The Morgan fingerprint density at radius 1 is 1.17 bits per heavy atom. The standard InChI is InChI=1S/C15H16FNS/c1-11-5-6-15(12(9-11)7-8-17)18-14-4-2-3-13(16)10-14/h2-6,9-10H,7-8,17H2,1H3. The highest BCUT2D eigenvalue weighted by Crippen LogP contribution is 2.31. The van der Waals surface area contributed by atoms with Crippen molar-refractivity contribution >= 4 is 11.8 Å². The summed E-state index contributed by atoms with van der Waals surface area (Å²) in [5.74, 6) is -0.201. The van der Waals surface area contributed by atoms with E-state index in [0.717, 1.165) is 16.2 Å². The van der Waals surface area contributed by atoms with Crippen LogP contribution in [-0.4, -0.2) is 6.54 Å². The molecule has 0 atom stereocenters. The molecular formula is C15H16FNS. The van der Waals surface area contributed by atoms with Gasteiger partial charge in [0.2, 0.25) is 0 Å². The lowest BCUT2D eigenvalue weighted by atomic mass is 10.1. The molecule has 0 radical (unpaired) electrons. The van der Waals surface area contributed by atoms with Gasteiger partial charge in [0.1, 0.15) is 5.82 Å². The van der Waals surface area contributed by atoms with Crippen LogP contribution in [0.15, 0.2) is 52.3 Å². The van der Waals surface area contributed by atoms with E-state index >= 15 is 0 Å². The summed E-state index contributed by atoms with van der Waals surface area (Å²) in [6.07, 6.45) is 0.847. The summed E-state index contributed by atoms with van der Waals surface area (Å²) in [4.78, 5) is 2.06. The molecule has 0 aromatic heterocycles. The molecule has 94 valence electrons. The van der Waals surface area contributed by atoms with Crippen molar-refractivity contribution in [2.75, 3.05) is 6.54 Å². The minimum Gasteiger partial charge on any atom is -0.330 e. The van der Waals surface area contributed by atoms with Crippen molar-refractivity contribution in [3.8, 4) is 0 Å². The molecule has 3 heteroatoms. The van der Waals surface area contributed by atoms with Gasteiger partial charge in [-0.05, 0) is 49.7 Å². The van der Waals surface area contributed by atoms with Crippen LogP contribution in [-0.2, 0) is 6.42 Å². The average Bonchev–Trinajstić information content (AvgIpc) is 2.33. The molecule has 2 rings (SSSR count). The van der Waals surface area contributed by atoms with Crippen LogP contribution in [0.4, 0.5) is 4.39 Å². The molecule has 0 saturated carbocycles. The summed E-state index contributed by atoms with van der Waals surface area (Å²) in [6, 6.07) is 13.0. The van der Waals surface area contributed by atoms with E-state index in [4.69, 9.17) is 5.73 Å². The van der Waals surface area contributed by atoms with E-state index in [1.54, 1.807) is 23.9 Å². The second kappa shape index (κ2) is 6.03. The maximum atomic E-state index is 13.1. The third-order valence-corrected chi connectivity index (χ3v) is 3.76. The van der Waals surface area contributed by atoms with Crippen molar-refractivity contribution in [3.05, 3.63) is 59.4 Å². The topological polar surface area (TPSA) is 26.0 Å². The molecule has 18 heavy (non-hydrogen) atoms. The molecule has 0 aliphatic rings. The summed E-state index contributed by atoms with van der Waals surface area (Å²) in [6.45, 7) is 2.69. The van der Waals surface area contributed by atoms with Gasteiger partial charge in [-0.15, -0.1) is 0 Å². The molecule has 2 aromatic rings. The van der Waals surface area contributed by atoms with Gasteiger partial charge in [0.15, 0.2) is 0 Å². The number of benzene rings is 2. The molecule has 0 saturated heterocycles. The molecule has 0 spiro atoms. The first kappa shape index (κ1) is 13.1. The zero-order valence-electron chi connectivity index (χ0n) is 10.3. The maximum Gasteiger partial charge on any atom is 0.124 e. The highest BCUT2D eigenvalue weighted by Gasteiger charge is 2.05. The van der Waals surface area contributed by atoms with Crippen LogP contribution in [0.1, 0.15) is 11.1 Å². The molecule has 0 heterocycles. The van der Waals surface area contributed by atoms with E-state index in [9.17, 15) is 4.39 Å². The lowest BCUT2D eigenvalue weighted by molar-refractivity contribution is 0.624. The molecule has 0 amide bonds. The zero-order valence-corrected chi connectivity index (χ0v) is 11.1. The third-order valence-electron chi connectivity index (χ3n) is 2.65. The molecule has 0 aliphatic carbocycles. The first-order valence-electron chi connectivity index (χ1n) is 5.92. The van der Waals surface area contributed by atoms with Crippen molar-refractivity contribution in [1.82, 2.24) is 0 Å². The van der Waals surface area contributed by atoms with Gasteiger partial charge in [0.05, 0.1) is 0 Å². The van der Waals surface area contributed by atoms with Crippen LogP contribution in [0, 0.1) is 12.7 Å². The Hall–Kier alpha value is -1.32. The predicted molar refractivity (Wildman–Crippen MR) is 74.5 cm³/mol. The summed E-state index contributed by atoms with van der Waals surface area (Å²) < 4.78 is 13.1. The predicted octanol–water partition coefficient (Wildman–Crippen LogP) is 3.79. The van der Waals surface area contributed by atoms with Crippen LogP contribution >= 0.6 is 11.8 Å². The van der Waals surface area contributed by atoms with E-state index in [1.165, 1.54) is 17.2 Å². The Bertz CT molecular complexity index is 540. The summed E-state index contributed by atoms with van der Waals surface area (Å²) in [7, 11) is 0. The molecule has 0 aliphatic heterocycles. The molecule has 0 fully saturated rings. The largest absolute Gasteiger partial charge is 0.330 e. The zero-order chi connectivity index (χ0) is 13.0. The minimum atomic E-state index is -0.201. The number of nitrogens with two attached hydrogens (primary N) is 1. The van der Waals surface area contributed by atoms with Crippen LogP contribution in [0.5, 0.6) is 0 Å². The van der Waals surface area contributed by atoms with Crippen LogP contribution in [0.2, 0.25) is 0 Å². The lowest BCUT2D eigenvalue weighted by Crippen LogP contribution is -2.04. The van der Waals surface area contributed by atoms with Crippen molar-refractivity contribution in [3.63, 3.8) is 0 Å². The fraction of sp³-hybridized carbons (Fsp3) is 0.200.